The van der Waals surface area contributed by atoms with Crippen LogP contribution in [0.3, 0.4) is 0 Å². The molecule has 5 nitrogen and oxygen atoms in total. The molecule has 2 rings (SSSR count). The van der Waals surface area contributed by atoms with E-state index in [0.717, 1.165) is 17.0 Å². The van der Waals surface area contributed by atoms with Crippen LogP contribution in [0.4, 0.5) is 5.13 Å². The van der Waals surface area contributed by atoms with E-state index in [2.05, 4.69) is 9.35 Å². The maximum atomic E-state index is 12.2. The van der Waals surface area contributed by atoms with Gasteiger partial charge in [0.25, 0.3) is 0 Å². The van der Waals surface area contributed by atoms with Crippen LogP contribution in [0.1, 0.15) is 0 Å². The van der Waals surface area contributed by atoms with Crippen molar-refractivity contribution in [2.75, 3.05) is 27.5 Å². The Hall–Kier alpha value is -1.44. The van der Waals surface area contributed by atoms with Crippen molar-refractivity contribution >= 4 is 26.4 Å². The number of aromatic nitrogens is 1. The number of hydrogen-bond acceptors (Lipinski definition) is 5. The van der Waals surface area contributed by atoms with Gasteiger partial charge in [0.05, 0.1) is 12.8 Å². The summed E-state index contributed by atoms with van der Waals surface area (Å²) in [6, 6.07) is 7.66. The SMILES string of the molecule is COc1cccc(-c2csc(N=S(C)(=O)N(C)C)n2)c1. The summed E-state index contributed by atoms with van der Waals surface area (Å²) < 4.78 is 23.2. The summed E-state index contributed by atoms with van der Waals surface area (Å²) in [6.45, 7) is 0. The van der Waals surface area contributed by atoms with Gasteiger partial charge in [-0.1, -0.05) is 12.1 Å². The standard InChI is InChI=1S/C13H17N3O2S2/c1-16(2)20(4,17)15-13-14-12(9-19-13)10-6-5-7-11(8-10)18-3/h5-9H,1-4H3. The first kappa shape index (κ1) is 15.0. The lowest BCUT2D eigenvalue weighted by Crippen LogP contribution is -2.19. The Morgan fingerprint density at radius 2 is 2.15 bits per heavy atom. The predicted molar refractivity (Wildman–Crippen MR) is 83.9 cm³/mol. The second-order valence-corrected chi connectivity index (χ2v) is 7.69. The van der Waals surface area contributed by atoms with Crippen molar-refractivity contribution in [2.24, 2.45) is 4.36 Å². The lowest BCUT2D eigenvalue weighted by Gasteiger charge is -2.10. The summed E-state index contributed by atoms with van der Waals surface area (Å²) in [4.78, 5) is 4.41. The molecular weight excluding hydrogens is 294 g/mol. The molecule has 1 atom stereocenters. The highest BCUT2D eigenvalue weighted by atomic mass is 32.2. The van der Waals surface area contributed by atoms with Crippen LogP contribution in [-0.4, -0.2) is 41.0 Å². The van der Waals surface area contributed by atoms with E-state index < -0.39 is 9.92 Å². The van der Waals surface area contributed by atoms with Gasteiger partial charge in [0.15, 0.2) is 0 Å². The number of benzene rings is 1. The molecule has 0 spiro atoms. The molecule has 0 saturated carbocycles. The number of thiazole rings is 1. The molecule has 0 aliphatic heterocycles. The second-order valence-electron chi connectivity index (χ2n) is 4.41. The number of rotatable bonds is 4. The van der Waals surface area contributed by atoms with Crippen LogP contribution in [0.5, 0.6) is 5.75 Å². The average molecular weight is 311 g/mol. The van der Waals surface area contributed by atoms with Crippen molar-refractivity contribution in [1.82, 2.24) is 9.29 Å². The normalized spacial score (nSPS) is 14.1. The van der Waals surface area contributed by atoms with Crippen LogP contribution >= 0.6 is 11.3 Å². The lowest BCUT2D eigenvalue weighted by molar-refractivity contribution is 0.415. The fourth-order valence-corrected chi connectivity index (χ4v) is 3.09. The van der Waals surface area contributed by atoms with Crippen LogP contribution in [0.2, 0.25) is 0 Å². The van der Waals surface area contributed by atoms with Gasteiger partial charge in [-0.3, -0.25) is 0 Å². The van der Waals surface area contributed by atoms with Crippen molar-refractivity contribution in [3.63, 3.8) is 0 Å². The Morgan fingerprint density at radius 1 is 1.40 bits per heavy atom. The summed E-state index contributed by atoms with van der Waals surface area (Å²) in [5.74, 6) is 0.779. The topological polar surface area (TPSA) is 54.8 Å². The molecule has 0 aliphatic rings. The Morgan fingerprint density at radius 3 is 2.80 bits per heavy atom. The number of ether oxygens (including phenoxy) is 1. The first-order chi connectivity index (χ1) is 9.42. The quantitative estimate of drug-likeness (QED) is 0.872. The smallest absolute Gasteiger partial charge is 0.219 e. The molecule has 1 heterocycles. The molecule has 7 heteroatoms. The zero-order valence-corrected chi connectivity index (χ0v) is 13.5. The molecule has 1 unspecified atom stereocenters. The monoisotopic (exact) mass is 311 g/mol. The third-order valence-electron chi connectivity index (χ3n) is 2.78. The van der Waals surface area contributed by atoms with Crippen LogP contribution in [0.25, 0.3) is 11.3 Å². The van der Waals surface area contributed by atoms with Gasteiger partial charge in [0.1, 0.15) is 15.7 Å². The zero-order valence-electron chi connectivity index (χ0n) is 11.9. The second kappa shape index (κ2) is 5.90. The molecule has 0 fully saturated rings. The Kier molecular flexibility index (Phi) is 4.42. The van der Waals surface area contributed by atoms with Crippen molar-refractivity contribution in [2.45, 2.75) is 0 Å². The van der Waals surface area contributed by atoms with Crippen molar-refractivity contribution < 1.29 is 8.95 Å². The van der Waals surface area contributed by atoms with Crippen LogP contribution < -0.4 is 4.74 Å². The van der Waals surface area contributed by atoms with Crippen molar-refractivity contribution in [3.8, 4) is 17.0 Å². The first-order valence-electron chi connectivity index (χ1n) is 5.92. The largest absolute Gasteiger partial charge is 0.497 e. The van der Waals surface area contributed by atoms with Gasteiger partial charge < -0.3 is 4.74 Å². The molecule has 20 heavy (non-hydrogen) atoms. The van der Waals surface area contributed by atoms with Gasteiger partial charge >= 0.3 is 0 Å². The van der Waals surface area contributed by atoms with Crippen molar-refractivity contribution in [3.05, 3.63) is 29.6 Å². The van der Waals surface area contributed by atoms with E-state index in [0.29, 0.717) is 5.13 Å². The first-order valence-corrected chi connectivity index (χ1v) is 8.68. The summed E-state index contributed by atoms with van der Waals surface area (Å²) in [6.07, 6.45) is 1.60. The van der Waals surface area contributed by atoms with Crippen LogP contribution in [-0.2, 0) is 9.92 Å². The molecule has 0 amide bonds. The van der Waals surface area contributed by atoms with Gasteiger partial charge in [-0.05, 0) is 12.1 Å². The summed E-state index contributed by atoms with van der Waals surface area (Å²) in [5, 5.41) is 2.42. The third-order valence-corrected chi connectivity index (χ3v) is 5.50. The van der Waals surface area contributed by atoms with E-state index in [1.165, 1.54) is 11.3 Å². The molecule has 108 valence electrons. The fourth-order valence-electron chi connectivity index (χ4n) is 1.45. The molecule has 1 aromatic heterocycles. The Bertz CT molecular complexity index is 716. The van der Waals surface area contributed by atoms with E-state index in [-0.39, 0.29) is 0 Å². The van der Waals surface area contributed by atoms with E-state index in [9.17, 15) is 4.21 Å². The third kappa shape index (κ3) is 3.36. The van der Waals surface area contributed by atoms with Gasteiger partial charge in [0, 0.05) is 31.3 Å². The van der Waals surface area contributed by atoms with Crippen molar-refractivity contribution in [1.29, 1.82) is 0 Å². The molecule has 2 aromatic rings. The highest BCUT2D eigenvalue weighted by Gasteiger charge is 2.09. The van der Waals surface area contributed by atoms with Gasteiger partial charge in [-0.2, -0.15) is 4.36 Å². The van der Waals surface area contributed by atoms with E-state index in [1.807, 2.05) is 29.6 Å². The molecule has 0 saturated heterocycles. The zero-order chi connectivity index (χ0) is 14.8. The summed E-state index contributed by atoms with van der Waals surface area (Å²) in [5.41, 5.74) is 1.76. The molecule has 0 aliphatic carbocycles. The molecule has 0 bridgehead atoms. The van der Waals surface area contributed by atoms with E-state index in [4.69, 9.17) is 4.74 Å². The van der Waals surface area contributed by atoms with E-state index >= 15 is 0 Å². The summed E-state index contributed by atoms with van der Waals surface area (Å²) in [7, 11) is 2.70. The Labute approximate surface area is 123 Å². The maximum absolute atomic E-state index is 12.2. The van der Waals surface area contributed by atoms with Crippen LogP contribution in [0.15, 0.2) is 34.0 Å². The minimum absolute atomic E-state index is 0.518. The van der Waals surface area contributed by atoms with E-state index in [1.54, 1.807) is 31.8 Å². The van der Waals surface area contributed by atoms with Gasteiger partial charge in [-0.25, -0.2) is 13.5 Å². The van der Waals surface area contributed by atoms with Crippen LogP contribution in [0, 0.1) is 0 Å². The number of nitrogens with zero attached hydrogens (tertiary/aromatic N) is 3. The average Bonchev–Trinajstić information content (AvgIpc) is 2.86. The molecule has 0 radical (unpaired) electrons. The van der Waals surface area contributed by atoms with Gasteiger partial charge in [0.2, 0.25) is 5.13 Å². The molecule has 0 N–H and O–H groups in total. The Balaban J connectivity index is 2.36. The minimum atomic E-state index is -2.40. The number of hydrogen-bond donors (Lipinski definition) is 0. The minimum Gasteiger partial charge on any atom is -0.497 e. The molecule has 1 aromatic carbocycles. The highest BCUT2D eigenvalue weighted by Crippen LogP contribution is 2.29. The maximum Gasteiger partial charge on any atom is 0.219 e. The lowest BCUT2D eigenvalue weighted by atomic mass is 10.2. The fraction of sp³-hybridized carbons (Fsp3) is 0.308. The molecular formula is C13H17N3O2S2. The predicted octanol–water partition coefficient (Wildman–Crippen LogP) is 3.02. The van der Waals surface area contributed by atoms with Gasteiger partial charge in [-0.15, -0.1) is 11.3 Å². The summed E-state index contributed by atoms with van der Waals surface area (Å²) >= 11 is 1.38. The number of methoxy groups -OCH3 is 1. The highest BCUT2D eigenvalue weighted by molar-refractivity contribution is 7.90.